The third kappa shape index (κ3) is 7.73. The molecule has 1 aliphatic heterocycles. The second-order valence-corrected chi connectivity index (χ2v) is 11.1. The second kappa shape index (κ2) is 14.4. The van der Waals surface area contributed by atoms with E-state index in [1.807, 2.05) is 17.0 Å². The molecule has 0 aliphatic carbocycles. The van der Waals surface area contributed by atoms with Gasteiger partial charge >= 0.3 is 0 Å². The number of thiazole rings is 1. The maximum atomic E-state index is 13.4. The maximum Gasteiger partial charge on any atom is 0.228 e. The maximum absolute atomic E-state index is 13.4. The van der Waals surface area contributed by atoms with Gasteiger partial charge in [0.2, 0.25) is 5.91 Å². The first kappa shape index (κ1) is 29.0. The zero-order valence-electron chi connectivity index (χ0n) is 20.7. The molecule has 0 spiro atoms. The number of anilines is 1. The minimum absolute atomic E-state index is 0. The molecule has 0 unspecified atom stereocenters. The number of hydrogen-bond donors (Lipinski definition) is 0. The highest BCUT2D eigenvalue weighted by atomic mass is 35.5. The van der Waals surface area contributed by atoms with Gasteiger partial charge in [0.15, 0.2) is 5.13 Å². The van der Waals surface area contributed by atoms with Crippen LogP contribution in [0.4, 0.5) is 5.13 Å². The van der Waals surface area contributed by atoms with Crippen molar-refractivity contribution in [2.45, 2.75) is 31.1 Å². The van der Waals surface area contributed by atoms with Crippen molar-refractivity contribution in [1.82, 2.24) is 9.88 Å². The quantitative estimate of drug-likeness (QED) is 0.199. The Morgan fingerprint density at radius 2 is 1.94 bits per heavy atom. The van der Waals surface area contributed by atoms with Crippen LogP contribution in [0.1, 0.15) is 24.8 Å². The molecule has 0 atom stereocenters. The summed E-state index contributed by atoms with van der Waals surface area (Å²) in [4.78, 5) is 23.6. The summed E-state index contributed by atoms with van der Waals surface area (Å²) in [7, 11) is 1.62. The number of fused-ring (bicyclic) bond motifs is 1. The van der Waals surface area contributed by atoms with Gasteiger partial charge < -0.3 is 9.47 Å². The van der Waals surface area contributed by atoms with Crippen molar-refractivity contribution >= 4 is 68.4 Å². The van der Waals surface area contributed by atoms with Crippen LogP contribution in [0.3, 0.4) is 0 Å². The molecule has 2 heterocycles. The van der Waals surface area contributed by atoms with E-state index in [1.165, 1.54) is 21.8 Å². The molecule has 196 valence electrons. The molecule has 36 heavy (non-hydrogen) atoms. The fraction of sp³-hybridized carbons (Fsp3) is 0.462. The van der Waals surface area contributed by atoms with E-state index in [0.29, 0.717) is 34.4 Å². The molecular weight excluding hydrogens is 537 g/mol. The average molecular weight is 571 g/mol. The number of nitrogens with zero attached hydrogens (tertiary/aromatic N) is 3. The Hall–Kier alpha value is -1.55. The Bertz CT molecular complexity index is 1120. The average Bonchev–Trinajstić information content (AvgIpc) is 3.32. The van der Waals surface area contributed by atoms with Gasteiger partial charge in [-0.25, -0.2) is 4.98 Å². The summed E-state index contributed by atoms with van der Waals surface area (Å²) in [5, 5.41) is 1.31. The highest BCUT2D eigenvalue weighted by Gasteiger charge is 2.22. The van der Waals surface area contributed by atoms with Crippen molar-refractivity contribution in [3.63, 3.8) is 0 Å². The Morgan fingerprint density at radius 3 is 2.67 bits per heavy atom. The zero-order valence-corrected chi connectivity index (χ0v) is 23.9. The van der Waals surface area contributed by atoms with Crippen LogP contribution in [0.5, 0.6) is 5.75 Å². The molecule has 1 fully saturated rings. The summed E-state index contributed by atoms with van der Waals surface area (Å²) in [5.41, 5.74) is 1.96. The number of rotatable bonds is 11. The third-order valence-electron chi connectivity index (χ3n) is 5.98. The number of carbonyl (C=O) groups excluding carboxylic acids is 1. The van der Waals surface area contributed by atoms with Gasteiger partial charge in [-0.1, -0.05) is 40.6 Å². The Labute approximate surface area is 232 Å². The predicted octanol–water partition coefficient (Wildman–Crippen LogP) is 6.32. The van der Waals surface area contributed by atoms with Crippen LogP contribution >= 0.6 is 47.1 Å². The van der Waals surface area contributed by atoms with E-state index in [2.05, 4.69) is 36.1 Å². The number of benzene rings is 2. The van der Waals surface area contributed by atoms with Crippen LogP contribution in [-0.4, -0.2) is 68.0 Å². The fourth-order valence-electron chi connectivity index (χ4n) is 4.01. The van der Waals surface area contributed by atoms with Gasteiger partial charge in [0.1, 0.15) is 11.3 Å². The first-order valence-corrected chi connectivity index (χ1v) is 14.2. The molecule has 1 aromatic heterocycles. The number of hydrogen-bond acceptors (Lipinski definition) is 7. The summed E-state index contributed by atoms with van der Waals surface area (Å²) in [6, 6.07) is 12.2. The lowest BCUT2D eigenvalue weighted by Crippen LogP contribution is -2.39. The van der Waals surface area contributed by atoms with Crippen LogP contribution < -0.4 is 9.64 Å². The molecule has 2 aromatic carbocycles. The highest BCUT2D eigenvalue weighted by molar-refractivity contribution is 7.99. The second-order valence-electron chi connectivity index (χ2n) is 8.54. The minimum Gasteiger partial charge on any atom is -0.494 e. The summed E-state index contributed by atoms with van der Waals surface area (Å²) in [5.74, 6) is 1.67. The lowest BCUT2D eigenvalue weighted by atomic mass is 10.2. The molecule has 1 amide bonds. The first-order chi connectivity index (χ1) is 17.0. The first-order valence-electron chi connectivity index (χ1n) is 12.0. The summed E-state index contributed by atoms with van der Waals surface area (Å²) < 4.78 is 11.8. The van der Waals surface area contributed by atoms with E-state index < -0.39 is 0 Å². The largest absolute Gasteiger partial charge is 0.494 e. The van der Waals surface area contributed by atoms with Gasteiger partial charge in [0, 0.05) is 37.5 Å². The van der Waals surface area contributed by atoms with Gasteiger partial charge in [0.25, 0.3) is 0 Å². The Kier molecular flexibility index (Phi) is 11.6. The van der Waals surface area contributed by atoms with Crippen molar-refractivity contribution in [1.29, 1.82) is 0 Å². The molecule has 10 heteroatoms. The van der Waals surface area contributed by atoms with Crippen molar-refractivity contribution in [2.75, 3.05) is 57.2 Å². The molecule has 0 radical (unpaired) electrons. The Balaban J connectivity index is 0.00000361. The molecule has 0 N–H and O–H groups in total. The standard InChI is InChI=1S/C26H32ClN3O3S2.ClH/c1-19-6-8-20(9-7-19)34-18-3-5-23(31)30(13-4-12-29-14-16-33-17-15-29)26-28-24-22(32-2)11-10-21(27)25(24)35-26;/h6-11H,3-5,12-18H2,1-2H3;1H. The van der Waals surface area contributed by atoms with Crippen molar-refractivity contribution in [3.8, 4) is 5.75 Å². The van der Waals surface area contributed by atoms with Crippen molar-refractivity contribution in [2.24, 2.45) is 0 Å². The number of morpholine rings is 1. The van der Waals surface area contributed by atoms with Crippen LogP contribution in [0.25, 0.3) is 10.2 Å². The molecule has 1 saturated heterocycles. The normalized spacial score (nSPS) is 14.0. The van der Waals surface area contributed by atoms with Crippen LogP contribution in [0, 0.1) is 6.92 Å². The molecule has 3 aromatic rings. The van der Waals surface area contributed by atoms with E-state index in [9.17, 15) is 4.79 Å². The van der Waals surface area contributed by atoms with E-state index in [4.69, 9.17) is 26.1 Å². The van der Waals surface area contributed by atoms with E-state index >= 15 is 0 Å². The summed E-state index contributed by atoms with van der Waals surface area (Å²) in [6.07, 6.45) is 2.17. The third-order valence-corrected chi connectivity index (χ3v) is 8.62. The number of methoxy groups -OCH3 is 1. The molecular formula is C26H33Cl2N3O3S2. The van der Waals surface area contributed by atoms with Crippen molar-refractivity contribution in [3.05, 3.63) is 47.0 Å². The smallest absolute Gasteiger partial charge is 0.228 e. The van der Waals surface area contributed by atoms with E-state index in [0.717, 1.165) is 56.1 Å². The number of carbonyl (C=O) groups is 1. The van der Waals surface area contributed by atoms with Gasteiger partial charge in [-0.05, 0) is 49.8 Å². The van der Waals surface area contributed by atoms with Gasteiger partial charge in [-0.3, -0.25) is 14.6 Å². The molecule has 6 nitrogen and oxygen atoms in total. The van der Waals surface area contributed by atoms with Crippen LogP contribution in [0.15, 0.2) is 41.3 Å². The number of halogens is 2. The molecule has 0 bridgehead atoms. The number of aromatic nitrogens is 1. The number of amides is 1. The Morgan fingerprint density at radius 1 is 1.19 bits per heavy atom. The van der Waals surface area contributed by atoms with Crippen LogP contribution in [-0.2, 0) is 9.53 Å². The van der Waals surface area contributed by atoms with Gasteiger partial charge in [0.05, 0.1) is 30.0 Å². The fourth-order valence-corrected chi connectivity index (χ4v) is 6.16. The number of ether oxygens (including phenoxy) is 2. The lowest BCUT2D eigenvalue weighted by molar-refractivity contribution is -0.118. The molecule has 4 rings (SSSR count). The van der Waals surface area contributed by atoms with E-state index in [-0.39, 0.29) is 18.3 Å². The lowest BCUT2D eigenvalue weighted by Gasteiger charge is -2.27. The molecule has 1 aliphatic rings. The van der Waals surface area contributed by atoms with Crippen molar-refractivity contribution < 1.29 is 14.3 Å². The van der Waals surface area contributed by atoms with Gasteiger partial charge in [-0.15, -0.1) is 24.2 Å². The SMILES string of the molecule is COc1ccc(Cl)c2sc(N(CCCN3CCOCC3)C(=O)CCCSc3ccc(C)cc3)nc12.Cl. The number of thioether (sulfide) groups is 1. The molecule has 0 saturated carbocycles. The predicted molar refractivity (Wildman–Crippen MR) is 154 cm³/mol. The summed E-state index contributed by atoms with van der Waals surface area (Å²) >= 11 is 9.70. The van der Waals surface area contributed by atoms with Gasteiger partial charge in [-0.2, -0.15) is 0 Å². The van der Waals surface area contributed by atoms with E-state index in [1.54, 1.807) is 18.9 Å². The number of aryl methyl sites for hydroxylation is 1. The topological polar surface area (TPSA) is 54.9 Å². The monoisotopic (exact) mass is 569 g/mol. The highest BCUT2D eigenvalue weighted by Crippen LogP contribution is 2.39. The van der Waals surface area contributed by atoms with Crippen LogP contribution in [0.2, 0.25) is 5.02 Å². The zero-order chi connectivity index (χ0) is 24.6. The summed E-state index contributed by atoms with van der Waals surface area (Å²) in [6.45, 7) is 7.09. The minimum atomic E-state index is 0.